The maximum absolute atomic E-state index is 12.4. The summed E-state index contributed by atoms with van der Waals surface area (Å²) in [5.74, 6) is -2.60. The molecule has 2 atom stereocenters. The summed E-state index contributed by atoms with van der Waals surface area (Å²) in [6, 6.07) is 12.2. The third-order valence-electron chi connectivity index (χ3n) is 3.81. The van der Waals surface area contributed by atoms with Gasteiger partial charge in [0.05, 0.1) is 12.9 Å². The van der Waals surface area contributed by atoms with Crippen molar-refractivity contribution in [1.29, 1.82) is 0 Å². The summed E-state index contributed by atoms with van der Waals surface area (Å²) in [4.78, 5) is 36.8. The molecule has 0 spiro atoms. The number of ether oxygens (including phenoxy) is 1. The largest absolute Gasteiger partial charge is 0.465 e. The number of hydrogen-bond donors (Lipinski definition) is 0. The Bertz CT molecular complexity index is 688. The topological polar surface area (TPSA) is 73.6 Å². The first-order valence-corrected chi connectivity index (χ1v) is 7.83. The zero-order valence-corrected chi connectivity index (χ0v) is 13.7. The van der Waals surface area contributed by atoms with Gasteiger partial charge in [-0.3, -0.25) is 14.4 Å². The molecule has 1 aromatic carbocycles. The molecule has 0 radical (unpaired) electrons. The normalized spacial score (nSPS) is 13.1. The van der Waals surface area contributed by atoms with Crippen molar-refractivity contribution in [3.8, 4) is 0 Å². The highest BCUT2D eigenvalue weighted by Crippen LogP contribution is 2.31. The van der Waals surface area contributed by atoms with Gasteiger partial charge in [-0.1, -0.05) is 30.3 Å². The van der Waals surface area contributed by atoms with E-state index in [9.17, 15) is 14.4 Å². The predicted molar refractivity (Wildman–Crippen MR) is 87.6 cm³/mol. The zero-order valence-electron chi connectivity index (χ0n) is 13.7. The monoisotopic (exact) mass is 328 g/mol. The third kappa shape index (κ3) is 4.19. The summed E-state index contributed by atoms with van der Waals surface area (Å²) in [5.41, 5.74) is 0.741. The molecule has 0 aliphatic rings. The van der Waals surface area contributed by atoms with Gasteiger partial charge in [-0.05, 0) is 31.5 Å². The Kier molecular flexibility index (Phi) is 6.07. The van der Waals surface area contributed by atoms with Crippen molar-refractivity contribution in [2.75, 3.05) is 6.61 Å². The maximum Gasteiger partial charge on any atom is 0.317 e. The van der Waals surface area contributed by atoms with Crippen LogP contribution in [0.5, 0.6) is 0 Å². The average Bonchev–Trinajstić information content (AvgIpc) is 3.09. The third-order valence-corrected chi connectivity index (χ3v) is 3.81. The van der Waals surface area contributed by atoms with Crippen molar-refractivity contribution >= 4 is 17.5 Å². The summed E-state index contributed by atoms with van der Waals surface area (Å²) in [6.07, 6.45) is 1.40. The summed E-state index contributed by atoms with van der Waals surface area (Å²) < 4.78 is 10.2. The summed E-state index contributed by atoms with van der Waals surface area (Å²) in [6.45, 7) is 3.20. The lowest BCUT2D eigenvalue weighted by atomic mass is 9.80. The van der Waals surface area contributed by atoms with Gasteiger partial charge in [-0.2, -0.15) is 0 Å². The molecule has 0 bridgehead atoms. The van der Waals surface area contributed by atoms with Crippen LogP contribution in [0.25, 0.3) is 0 Å². The number of Topliss-reactive ketones (excluding diaryl/α,β-unsaturated/α-hetero) is 2. The molecule has 0 fully saturated rings. The molecule has 0 saturated heterocycles. The van der Waals surface area contributed by atoms with Crippen molar-refractivity contribution < 1.29 is 23.5 Å². The number of benzene rings is 1. The molecule has 0 amide bonds. The molecule has 24 heavy (non-hydrogen) atoms. The van der Waals surface area contributed by atoms with Crippen molar-refractivity contribution in [2.24, 2.45) is 5.92 Å². The number of rotatable bonds is 8. The fraction of sp³-hybridized carbons (Fsp3) is 0.316. The average molecular weight is 328 g/mol. The molecular weight excluding hydrogens is 308 g/mol. The van der Waals surface area contributed by atoms with Crippen LogP contribution in [-0.4, -0.2) is 24.1 Å². The molecule has 126 valence electrons. The van der Waals surface area contributed by atoms with Gasteiger partial charge in [0.15, 0.2) is 11.5 Å². The van der Waals surface area contributed by atoms with Gasteiger partial charge in [0.25, 0.3) is 0 Å². The molecule has 2 unspecified atom stereocenters. The van der Waals surface area contributed by atoms with Gasteiger partial charge in [0, 0.05) is 12.3 Å². The van der Waals surface area contributed by atoms with Crippen LogP contribution in [0, 0.1) is 5.92 Å². The molecule has 2 rings (SSSR count). The molecule has 1 aromatic heterocycles. The van der Waals surface area contributed by atoms with Gasteiger partial charge in [-0.15, -0.1) is 0 Å². The van der Waals surface area contributed by atoms with E-state index in [0.717, 1.165) is 5.56 Å². The minimum Gasteiger partial charge on any atom is -0.465 e. The fourth-order valence-corrected chi connectivity index (χ4v) is 2.71. The summed E-state index contributed by atoms with van der Waals surface area (Å²) in [7, 11) is 0. The van der Waals surface area contributed by atoms with Crippen LogP contribution < -0.4 is 0 Å². The Hall–Kier alpha value is -2.69. The number of hydrogen-bond acceptors (Lipinski definition) is 5. The van der Waals surface area contributed by atoms with Crippen LogP contribution in [0.2, 0.25) is 0 Å². The lowest BCUT2D eigenvalue weighted by molar-refractivity contribution is -0.152. The minimum absolute atomic E-state index is 0.0133. The van der Waals surface area contributed by atoms with E-state index in [1.165, 1.54) is 13.2 Å². The standard InChI is InChI=1S/C19H20O5/c1-3-23-19(22)18(13(2)20)15(14-8-5-4-6-9-14)12-16(21)17-10-7-11-24-17/h4-11,15,18H,3,12H2,1-2H3. The van der Waals surface area contributed by atoms with E-state index >= 15 is 0 Å². The Morgan fingerprint density at radius 1 is 1.08 bits per heavy atom. The van der Waals surface area contributed by atoms with E-state index in [1.54, 1.807) is 31.2 Å². The fourth-order valence-electron chi connectivity index (χ4n) is 2.71. The van der Waals surface area contributed by atoms with Crippen LogP contribution in [0.3, 0.4) is 0 Å². The number of carbonyl (C=O) groups excluding carboxylic acids is 3. The first-order chi connectivity index (χ1) is 11.5. The number of ketones is 2. The first kappa shape index (κ1) is 17.7. The quantitative estimate of drug-likeness (QED) is 0.422. The van der Waals surface area contributed by atoms with Crippen molar-refractivity contribution in [3.63, 3.8) is 0 Å². The number of esters is 1. The minimum atomic E-state index is -1.02. The Morgan fingerprint density at radius 3 is 2.33 bits per heavy atom. The second kappa shape index (κ2) is 8.24. The van der Waals surface area contributed by atoms with Crippen LogP contribution in [0.1, 0.15) is 42.3 Å². The van der Waals surface area contributed by atoms with Gasteiger partial charge in [0.2, 0.25) is 0 Å². The highest BCUT2D eigenvalue weighted by Gasteiger charge is 2.36. The molecule has 0 aliphatic heterocycles. The molecule has 1 heterocycles. The van der Waals surface area contributed by atoms with Crippen molar-refractivity contribution in [1.82, 2.24) is 0 Å². The summed E-state index contributed by atoms with van der Waals surface area (Å²) >= 11 is 0. The van der Waals surface area contributed by atoms with Gasteiger partial charge in [-0.25, -0.2) is 0 Å². The van der Waals surface area contributed by atoms with Crippen LogP contribution in [0.4, 0.5) is 0 Å². The predicted octanol–water partition coefficient (Wildman–Crippen LogP) is 3.40. The van der Waals surface area contributed by atoms with Crippen molar-refractivity contribution in [2.45, 2.75) is 26.2 Å². The second-order valence-corrected chi connectivity index (χ2v) is 5.46. The van der Waals surface area contributed by atoms with E-state index in [-0.39, 0.29) is 30.4 Å². The van der Waals surface area contributed by atoms with Gasteiger partial charge < -0.3 is 9.15 Å². The molecule has 5 nitrogen and oxygen atoms in total. The Balaban J connectivity index is 2.36. The van der Waals surface area contributed by atoms with Gasteiger partial charge >= 0.3 is 5.97 Å². The lowest BCUT2D eigenvalue weighted by Gasteiger charge is -2.23. The van der Waals surface area contributed by atoms with Gasteiger partial charge in [0.1, 0.15) is 11.7 Å². The molecule has 0 N–H and O–H groups in total. The molecular formula is C19H20O5. The number of furan rings is 1. The van der Waals surface area contributed by atoms with E-state index in [4.69, 9.17) is 9.15 Å². The lowest BCUT2D eigenvalue weighted by Crippen LogP contribution is -2.31. The van der Waals surface area contributed by atoms with Crippen LogP contribution >= 0.6 is 0 Å². The zero-order chi connectivity index (χ0) is 17.5. The Labute approximate surface area is 140 Å². The van der Waals surface area contributed by atoms with E-state index in [2.05, 4.69) is 0 Å². The van der Waals surface area contributed by atoms with E-state index in [1.807, 2.05) is 18.2 Å². The summed E-state index contributed by atoms with van der Waals surface area (Å²) in [5, 5.41) is 0. The Morgan fingerprint density at radius 2 is 1.79 bits per heavy atom. The highest BCUT2D eigenvalue weighted by molar-refractivity contribution is 6.01. The van der Waals surface area contributed by atoms with Crippen LogP contribution in [-0.2, 0) is 14.3 Å². The van der Waals surface area contributed by atoms with E-state index in [0.29, 0.717) is 0 Å². The van der Waals surface area contributed by atoms with E-state index < -0.39 is 17.8 Å². The number of carbonyl (C=O) groups is 3. The van der Waals surface area contributed by atoms with Crippen LogP contribution in [0.15, 0.2) is 53.1 Å². The smallest absolute Gasteiger partial charge is 0.317 e. The van der Waals surface area contributed by atoms with Crippen molar-refractivity contribution in [3.05, 3.63) is 60.1 Å². The molecule has 5 heteroatoms. The molecule has 2 aromatic rings. The SMILES string of the molecule is CCOC(=O)C(C(C)=O)C(CC(=O)c1ccco1)c1ccccc1. The second-order valence-electron chi connectivity index (χ2n) is 5.46. The highest BCUT2D eigenvalue weighted by atomic mass is 16.5. The maximum atomic E-state index is 12.4. The molecule has 0 aliphatic carbocycles. The molecule has 0 saturated carbocycles. The first-order valence-electron chi connectivity index (χ1n) is 7.83.